The molecule has 0 bridgehead atoms. The highest BCUT2D eigenvalue weighted by Gasteiger charge is 2.26. The first-order valence-corrected chi connectivity index (χ1v) is 9.02. The molecule has 0 aromatic heterocycles. The average Bonchev–Trinajstić information content (AvgIpc) is 2.55. The molecule has 1 saturated heterocycles. The zero-order valence-corrected chi connectivity index (χ0v) is 15.9. The molecule has 3 N–H and O–H groups in total. The van der Waals surface area contributed by atoms with Crippen molar-refractivity contribution in [1.82, 2.24) is 10.2 Å². The van der Waals surface area contributed by atoms with Crippen molar-refractivity contribution >= 4 is 17.4 Å². The average molecular weight is 348 g/mol. The summed E-state index contributed by atoms with van der Waals surface area (Å²) in [5, 5.41) is 15.3. The van der Waals surface area contributed by atoms with E-state index in [1.54, 1.807) is 0 Å². The Morgan fingerprint density at radius 1 is 1.20 bits per heavy atom. The van der Waals surface area contributed by atoms with Crippen LogP contribution in [0.1, 0.15) is 27.2 Å². The number of rotatable bonds is 5. The van der Waals surface area contributed by atoms with Crippen molar-refractivity contribution in [2.75, 3.05) is 50.1 Å². The van der Waals surface area contributed by atoms with Gasteiger partial charge in [-0.25, -0.2) is 4.79 Å². The smallest absolute Gasteiger partial charge is 0.319 e. The highest BCUT2D eigenvalue weighted by Crippen LogP contribution is 2.27. The van der Waals surface area contributed by atoms with E-state index in [0.29, 0.717) is 6.42 Å². The highest BCUT2D eigenvalue weighted by molar-refractivity contribution is 5.93. The van der Waals surface area contributed by atoms with E-state index >= 15 is 0 Å². The van der Waals surface area contributed by atoms with E-state index in [0.717, 1.165) is 37.6 Å². The molecule has 6 nitrogen and oxygen atoms in total. The van der Waals surface area contributed by atoms with Crippen molar-refractivity contribution in [3.05, 3.63) is 24.3 Å². The minimum Gasteiger partial charge on any atom is -0.396 e. The number of piperazine rings is 1. The maximum absolute atomic E-state index is 12.5. The second-order valence-electron chi connectivity index (χ2n) is 7.84. The number of likely N-dealkylation sites (N-methyl/N-ethyl adjacent to an activating group) is 1. The van der Waals surface area contributed by atoms with E-state index in [1.807, 2.05) is 18.2 Å². The molecule has 0 aliphatic carbocycles. The molecule has 1 fully saturated rings. The lowest BCUT2D eigenvalue weighted by atomic mass is 9.85. The third-order valence-corrected chi connectivity index (χ3v) is 4.76. The van der Waals surface area contributed by atoms with Crippen molar-refractivity contribution in [3.8, 4) is 0 Å². The van der Waals surface area contributed by atoms with Gasteiger partial charge >= 0.3 is 6.03 Å². The second-order valence-corrected chi connectivity index (χ2v) is 7.84. The molecule has 0 saturated carbocycles. The third kappa shape index (κ3) is 5.61. The lowest BCUT2D eigenvalue weighted by molar-refractivity contribution is 0.194. The monoisotopic (exact) mass is 348 g/mol. The number of amides is 2. The Morgan fingerprint density at radius 2 is 1.84 bits per heavy atom. The van der Waals surface area contributed by atoms with Crippen molar-refractivity contribution < 1.29 is 9.90 Å². The van der Waals surface area contributed by atoms with Gasteiger partial charge < -0.3 is 25.5 Å². The fraction of sp³-hybridized carbons (Fsp3) is 0.632. The van der Waals surface area contributed by atoms with E-state index in [2.05, 4.69) is 54.3 Å². The topological polar surface area (TPSA) is 67.8 Å². The van der Waals surface area contributed by atoms with Gasteiger partial charge in [-0.15, -0.1) is 0 Å². The fourth-order valence-corrected chi connectivity index (χ4v) is 3.07. The van der Waals surface area contributed by atoms with Crippen LogP contribution in [0.5, 0.6) is 0 Å². The van der Waals surface area contributed by atoms with Crippen LogP contribution < -0.4 is 15.5 Å². The quantitative estimate of drug-likeness (QED) is 0.764. The number of carbonyl (C=O) groups is 1. The molecule has 1 unspecified atom stereocenters. The fourth-order valence-electron chi connectivity index (χ4n) is 3.07. The van der Waals surface area contributed by atoms with Crippen molar-refractivity contribution in [2.24, 2.45) is 5.41 Å². The first-order chi connectivity index (χ1) is 11.8. The molecule has 0 spiro atoms. The number of hydrogen-bond donors (Lipinski definition) is 3. The van der Waals surface area contributed by atoms with E-state index in [4.69, 9.17) is 0 Å². The van der Waals surface area contributed by atoms with Crippen LogP contribution in [0.4, 0.5) is 16.2 Å². The van der Waals surface area contributed by atoms with E-state index in [9.17, 15) is 9.90 Å². The first kappa shape index (κ1) is 19.5. The standard InChI is InChI=1S/C19H32N4O2/c1-19(2,3)17(9-14-24)21-18(25)20-15-7-5-6-8-16(15)23-12-10-22(4)11-13-23/h5-8,17,24H,9-14H2,1-4H3,(H2,20,21,25). The lowest BCUT2D eigenvalue weighted by Crippen LogP contribution is -2.47. The summed E-state index contributed by atoms with van der Waals surface area (Å²) >= 11 is 0. The molecule has 140 valence electrons. The van der Waals surface area contributed by atoms with Gasteiger partial charge in [0.2, 0.25) is 0 Å². The summed E-state index contributed by atoms with van der Waals surface area (Å²) in [6.45, 7) is 10.2. The summed E-state index contributed by atoms with van der Waals surface area (Å²) < 4.78 is 0. The molecule has 6 heteroatoms. The van der Waals surface area contributed by atoms with Gasteiger partial charge in [-0.3, -0.25) is 0 Å². The second kappa shape index (κ2) is 8.54. The molecule has 2 amide bonds. The normalized spacial score (nSPS) is 17.2. The van der Waals surface area contributed by atoms with E-state index in [1.165, 1.54) is 0 Å². The van der Waals surface area contributed by atoms with Gasteiger partial charge in [-0.2, -0.15) is 0 Å². The predicted molar refractivity (Wildman–Crippen MR) is 103 cm³/mol. The Bertz CT molecular complexity index is 563. The number of aliphatic hydroxyl groups excluding tert-OH is 1. The first-order valence-electron chi connectivity index (χ1n) is 9.02. The number of nitrogens with zero attached hydrogens (tertiary/aromatic N) is 2. The number of nitrogens with one attached hydrogen (secondary N) is 2. The maximum atomic E-state index is 12.5. The van der Waals surface area contributed by atoms with Gasteiger partial charge in [0, 0.05) is 38.8 Å². The van der Waals surface area contributed by atoms with Crippen LogP contribution >= 0.6 is 0 Å². The number of urea groups is 1. The molecular formula is C19H32N4O2. The van der Waals surface area contributed by atoms with E-state index in [-0.39, 0.29) is 24.1 Å². The van der Waals surface area contributed by atoms with Crippen LogP contribution in [0.25, 0.3) is 0 Å². The number of hydrogen-bond acceptors (Lipinski definition) is 4. The minimum atomic E-state index is -0.227. The Hall–Kier alpha value is -1.79. The van der Waals surface area contributed by atoms with Crippen LogP contribution in [-0.2, 0) is 0 Å². The van der Waals surface area contributed by atoms with Crippen LogP contribution in [0, 0.1) is 5.41 Å². The van der Waals surface area contributed by atoms with Crippen LogP contribution in [0.2, 0.25) is 0 Å². The maximum Gasteiger partial charge on any atom is 0.319 e. The molecule has 1 aromatic rings. The Kier molecular flexibility index (Phi) is 6.67. The lowest BCUT2D eigenvalue weighted by Gasteiger charge is -2.35. The van der Waals surface area contributed by atoms with Crippen LogP contribution in [-0.4, -0.2) is 61.9 Å². The number of anilines is 2. The summed E-state index contributed by atoms with van der Waals surface area (Å²) in [4.78, 5) is 17.1. The summed E-state index contributed by atoms with van der Waals surface area (Å²) in [7, 11) is 2.13. The van der Waals surface area contributed by atoms with Gasteiger partial charge in [0.1, 0.15) is 0 Å². The molecule has 1 atom stereocenters. The summed E-state index contributed by atoms with van der Waals surface area (Å²) in [5.74, 6) is 0. The molecule has 1 heterocycles. The van der Waals surface area contributed by atoms with Crippen LogP contribution in [0.3, 0.4) is 0 Å². The van der Waals surface area contributed by atoms with Gasteiger partial charge in [0.05, 0.1) is 11.4 Å². The molecule has 0 radical (unpaired) electrons. The Morgan fingerprint density at radius 3 is 2.44 bits per heavy atom. The highest BCUT2D eigenvalue weighted by atomic mass is 16.3. The van der Waals surface area contributed by atoms with Crippen molar-refractivity contribution in [2.45, 2.75) is 33.2 Å². The van der Waals surface area contributed by atoms with Crippen molar-refractivity contribution in [3.63, 3.8) is 0 Å². The van der Waals surface area contributed by atoms with Gasteiger partial charge in [-0.1, -0.05) is 32.9 Å². The van der Waals surface area contributed by atoms with Crippen molar-refractivity contribution in [1.29, 1.82) is 0 Å². The zero-order chi connectivity index (χ0) is 18.4. The molecule has 1 aromatic carbocycles. The van der Waals surface area contributed by atoms with Gasteiger partial charge in [0.15, 0.2) is 0 Å². The number of benzene rings is 1. The number of aliphatic hydroxyl groups is 1. The minimum absolute atomic E-state index is 0.0557. The van der Waals surface area contributed by atoms with E-state index < -0.39 is 0 Å². The molecule has 25 heavy (non-hydrogen) atoms. The van der Waals surface area contributed by atoms with Gasteiger partial charge in [-0.05, 0) is 31.0 Å². The summed E-state index contributed by atoms with van der Waals surface area (Å²) in [5.41, 5.74) is 1.76. The molecular weight excluding hydrogens is 316 g/mol. The summed E-state index contributed by atoms with van der Waals surface area (Å²) in [6, 6.07) is 7.61. The third-order valence-electron chi connectivity index (χ3n) is 4.76. The summed E-state index contributed by atoms with van der Waals surface area (Å²) in [6.07, 6.45) is 0.539. The molecule has 1 aliphatic rings. The Balaban J connectivity index is 2.05. The van der Waals surface area contributed by atoms with Crippen LogP contribution in [0.15, 0.2) is 24.3 Å². The number of carbonyl (C=O) groups excluding carboxylic acids is 1. The van der Waals surface area contributed by atoms with Gasteiger partial charge in [0.25, 0.3) is 0 Å². The Labute approximate surface area is 151 Å². The zero-order valence-electron chi connectivity index (χ0n) is 15.9. The SMILES string of the molecule is CN1CCN(c2ccccc2NC(=O)NC(CCO)C(C)(C)C)CC1. The number of para-hydroxylation sites is 2. The largest absolute Gasteiger partial charge is 0.396 e. The predicted octanol–water partition coefficient (Wildman–Crippen LogP) is 2.36. The molecule has 2 rings (SSSR count). The molecule has 1 aliphatic heterocycles.